The Morgan fingerprint density at radius 1 is 1.29 bits per heavy atom. The van der Waals surface area contributed by atoms with Crippen molar-refractivity contribution >= 4 is 28.5 Å². The first kappa shape index (κ1) is 12.1. The third kappa shape index (κ3) is 1.83. The third-order valence-corrected chi connectivity index (χ3v) is 4.14. The molecule has 4 rings (SSSR count). The second-order valence-corrected chi connectivity index (χ2v) is 5.40. The molecule has 1 aromatic carbocycles. The van der Waals surface area contributed by atoms with E-state index in [2.05, 4.69) is 15.2 Å². The minimum atomic E-state index is -0.489. The molecule has 2 aliphatic heterocycles. The summed E-state index contributed by atoms with van der Waals surface area (Å²) in [6.45, 7) is 2.74. The summed E-state index contributed by atoms with van der Waals surface area (Å²) in [4.78, 5) is 29.5. The minimum absolute atomic E-state index is 0.00207. The fourth-order valence-corrected chi connectivity index (χ4v) is 3.10. The number of H-pyrrole nitrogens is 1. The van der Waals surface area contributed by atoms with Gasteiger partial charge in [0.25, 0.3) is 0 Å². The van der Waals surface area contributed by atoms with Crippen molar-refractivity contribution in [1.29, 1.82) is 0 Å². The number of hydrogen-bond acceptors (Lipinski definition) is 5. The predicted octanol–water partition coefficient (Wildman–Crippen LogP) is -0.0829. The van der Waals surface area contributed by atoms with Crippen LogP contribution in [-0.2, 0) is 0 Å². The van der Waals surface area contributed by atoms with E-state index < -0.39 is 5.76 Å². The number of carbonyl (C=O) groups is 1. The molecule has 2 fully saturated rings. The number of amides is 2. The molecule has 2 aliphatic rings. The van der Waals surface area contributed by atoms with Gasteiger partial charge in [-0.05, 0) is 6.07 Å². The van der Waals surface area contributed by atoms with Crippen LogP contribution < -0.4 is 21.7 Å². The van der Waals surface area contributed by atoms with E-state index >= 15 is 0 Å². The first-order chi connectivity index (χ1) is 10.1. The first-order valence-electron chi connectivity index (χ1n) is 6.83. The van der Waals surface area contributed by atoms with Gasteiger partial charge in [0.2, 0.25) is 0 Å². The number of rotatable bonds is 1. The van der Waals surface area contributed by atoms with Gasteiger partial charge in [-0.15, -0.1) is 0 Å². The topological polar surface area (TPSA) is 108 Å². The minimum Gasteiger partial charge on any atom is -0.408 e. The lowest BCUT2D eigenvalue weighted by Gasteiger charge is -2.38. The van der Waals surface area contributed by atoms with Crippen molar-refractivity contribution in [3.05, 3.63) is 22.7 Å². The number of aromatic amines is 1. The molecule has 0 aliphatic carbocycles. The van der Waals surface area contributed by atoms with Crippen LogP contribution in [-0.4, -0.2) is 48.1 Å². The van der Waals surface area contributed by atoms with Gasteiger partial charge in [-0.3, -0.25) is 4.98 Å². The normalized spacial score (nSPS) is 21.7. The summed E-state index contributed by atoms with van der Waals surface area (Å²) in [5.41, 5.74) is 8.59. The molecule has 21 heavy (non-hydrogen) atoms. The number of nitrogens with zero attached hydrogens (tertiary/aromatic N) is 2. The molecule has 0 spiro atoms. The lowest BCUT2D eigenvalue weighted by Crippen LogP contribution is -2.52. The highest BCUT2D eigenvalue weighted by Crippen LogP contribution is 2.30. The van der Waals surface area contributed by atoms with Gasteiger partial charge in [0.05, 0.1) is 22.9 Å². The van der Waals surface area contributed by atoms with Crippen molar-refractivity contribution in [2.75, 3.05) is 36.8 Å². The number of oxazole rings is 1. The summed E-state index contributed by atoms with van der Waals surface area (Å²) in [6.07, 6.45) is 0. The summed E-state index contributed by atoms with van der Waals surface area (Å²) < 4.78 is 5.00. The Kier molecular flexibility index (Phi) is 2.41. The van der Waals surface area contributed by atoms with Gasteiger partial charge in [0.15, 0.2) is 5.58 Å². The van der Waals surface area contributed by atoms with Crippen molar-refractivity contribution in [2.45, 2.75) is 6.04 Å². The van der Waals surface area contributed by atoms with Crippen LogP contribution >= 0.6 is 0 Å². The van der Waals surface area contributed by atoms with Crippen molar-refractivity contribution in [2.24, 2.45) is 0 Å². The van der Waals surface area contributed by atoms with Gasteiger partial charge in [0, 0.05) is 32.2 Å². The SMILES string of the molecule is Nc1cc2oc(=O)[nH]c2cc1N1CCN2C(=O)NCC2C1. The molecule has 2 amide bonds. The van der Waals surface area contributed by atoms with Crippen LogP contribution in [0.3, 0.4) is 0 Å². The summed E-state index contributed by atoms with van der Waals surface area (Å²) in [5, 5.41) is 2.85. The van der Waals surface area contributed by atoms with Gasteiger partial charge in [0.1, 0.15) is 0 Å². The molecule has 110 valence electrons. The Morgan fingerprint density at radius 3 is 3.00 bits per heavy atom. The van der Waals surface area contributed by atoms with E-state index in [-0.39, 0.29) is 12.1 Å². The monoisotopic (exact) mass is 289 g/mol. The number of fused-ring (bicyclic) bond motifs is 2. The number of aromatic nitrogens is 1. The van der Waals surface area contributed by atoms with Crippen molar-refractivity contribution in [1.82, 2.24) is 15.2 Å². The molecular formula is C13H15N5O3. The molecule has 3 heterocycles. The summed E-state index contributed by atoms with van der Waals surface area (Å²) in [6, 6.07) is 3.65. The molecule has 2 saturated heterocycles. The lowest BCUT2D eigenvalue weighted by molar-refractivity contribution is 0.198. The van der Waals surface area contributed by atoms with Crippen LogP contribution in [0.25, 0.3) is 11.1 Å². The molecule has 0 bridgehead atoms. The number of piperazine rings is 1. The highest BCUT2D eigenvalue weighted by molar-refractivity contribution is 5.86. The molecular weight excluding hydrogens is 274 g/mol. The Balaban J connectivity index is 1.68. The Labute approximate surface area is 119 Å². The molecule has 2 aromatic rings. The number of urea groups is 1. The number of hydrogen-bond donors (Lipinski definition) is 3. The second kappa shape index (κ2) is 4.18. The maximum atomic E-state index is 11.6. The Bertz CT molecular complexity index is 780. The summed E-state index contributed by atoms with van der Waals surface area (Å²) >= 11 is 0. The molecule has 4 N–H and O–H groups in total. The van der Waals surface area contributed by atoms with Crippen LogP contribution in [0.5, 0.6) is 0 Å². The highest BCUT2D eigenvalue weighted by atomic mass is 16.4. The van der Waals surface area contributed by atoms with E-state index in [0.717, 1.165) is 12.2 Å². The van der Waals surface area contributed by atoms with Gasteiger partial charge in [-0.1, -0.05) is 0 Å². The number of nitrogens with two attached hydrogens (primary N) is 1. The largest absolute Gasteiger partial charge is 0.417 e. The molecule has 8 heteroatoms. The van der Waals surface area contributed by atoms with E-state index in [9.17, 15) is 9.59 Å². The number of nitrogens with one attached hydrogen (secondary N) is 2. The zero-order valence-corrected chi connectivity index (χ0v) is 11.3. The smallest absolute Gasteiger partial charge is 0.408 e. The van der Waals surface area contributed by atoms with E-state index in [4.69, 9.17) is 10.2 Å². The Morgan fingerprint density at radius 2 is 2.14 bits per heavy atom. The van der Waals surface area contributed by atoms with E-state index in [1.54, 1.807) is 6.07 Å². The molecule has 1 atom stereocenters. The standard InChI is InChI=1S/C13H15N5O3/c14-8-3-11-9(16-13(20)21-11)4-10(8)17-1-2-18-7(6-17)5-15-12(18)19/h3-4,7H,1-2,5-6,14H2,(H,15,19)(H,16,20). The van der Waals surface area contributed by atoms with Gasteiger partial charge in [-0.25, -0.2) is 9.59 Å². The quantitative estimate of drug-likeness (QED) is 0.636. The zero-order chi connectivity index (χ0) is 14.6. The predicted molar refractivity (Wildman–Crippen MR) is 77.4 cm³/mol. The van der Waals surface area contributed by atoms with Crippen molar-refractivity contribution < 1.29 is 9.21 Å². The first-order valence-corrected chi connectivity index (χ1v) is 6.83. The molecule has 8 nitrogen and oxygen atoms in total. The Hall–Kier alpha value is -2.64. The van der Waals surface area contributed by atoms with E-state index in [1.165, 1.54) is 0 Å². The van der Waals surface area contributed by atoms with Crippen molar-refractivity contribution in [3.8, 4) is 0 Å². The fraction of sp³-hybridized carbons (Fsp3) is 0.385. The van der Waals surface area contributed by atoms with Gasteiger partial charge >= 0.3 is 11.8 Å². The number of nitrogen functional groups attached to an aromatic ring is 1. The maximum Gasteiger partial charge on any atom is 0.417 e. The zero-order valence-electron chi connectivity index (χ0n) is 11.3. The number of benzene rings is 1. The van der Waals surface area contributed by atoms with Crippen molar-refractivity contribution in [3.63, 3.8) is 0 Å². The van der Waals surface area contributed by atoms with Gasteiger partial charge < -0.3 is 25.3 Å². The average molecular weight is 289 g/mol. The molecule has 0 radical (unpaired) electrons. The summed E-state index contributed by atoms with van der Waals surface area (Å²) in [5.74, 6) is -0.489. The van der Waals surface area contributed by atoms with E-state index in [0.29, 0.717) is 36.4 Å². The summed E-state index contributed by atoms with van der Waals surface area (Å²) in [7, 11) is 0. The lowest BCUT2D eigenvalue weighted by atomic mass is 10.1. The fourth-order valence-electron chi connectivity index (χ4n) is 3.10. The average Bonchev–Trinajstić information content (AvgIpc) is 3.00. The van der Waals surface area contributed by atoms with Crippen LogP contribution in [0.1, 0.15) is 0 Å². The van der Waals surface area contributed by atoms with Gasteiger partial charge in [-0.2, -0.15) is 0 Å². The number of anilines is 2. The molecule has 1 aromatic heterocycles. The highest BCUT2D eigenvalue weighted by Gasteiger charge is 2.35. The third-order valence-electron chi connectivity index (χ3n) is 4.14. The second-order valence-electron chi connectivity index (χ2n) is 5.40. The van der Waals surface area contributed by atoms with E-state index in [1.807, 2.05) is 11.0 Å². The van der Waals surface area contributed by atoms with Crippen LogP contribution in [0.4, 0.5) is 16.2 Å². The van der Waals surface area contributed by atoms with Crippen LogP contribution in [0, 0.1) is 0 Å². The van der Waals surface area contributed by atoms with Crippen LogP contribution in [0.2, 0.25) is 0 Å². The van der Waals surface area contributed by atoms with Crippen LogP contribution in [0.15, 0.2) is 21.3 Å². The molecule has 1 unspecified atom stereocenters. The molecule has 0 saturated carbocycles. The maximum absolute atomic E-state index is 11.6. The number of carbonyl (C=O) groups excluding carboxylic acids is 1.